The highest BCUT2D eigenvalue weighted by Crippen LogP contribution is 2.22. The van der Waals surface area contributed by atoms with E-state index in [1.807, 2.05) is 0 Å². The van der Waals surface area contributed by atoms with Crippen LogP contribution >= 0.6 is 0 Å². The molecule has 11 heteroatoms. The van der Waals surface area contributed by atoms with Crippen molar-refractivity contribution < 1.29 is 34.8 Å². The first kappa shape index (κ1) is 15.6. The van der Waals surface area contributed by atoms with Gasteiger partial charge in [-0.1, -0.05) is 12.1 Å². The number of benzene rings is 1. The fourth-order valence-electron chi connectivity index (χ4n) is 2.19. The van der Waals surface area contributed by atoms with Gasteiger partial charge in [0.1, 0.15) is 29.3 Å². The van der Waals surface area contributed by atoms with Crippen molar-refractivity contribution in [3.8, 4) is 0 Å². The molecule has 5 atom stereocenters. The van der Waals surface area contributed by atoms with Crippen molar-refractivity contribution in [1.29, 1.82) is 0 Å². The summed E-state index contributed by atoms with van der Waals surface area (Å²) in [6, 6.07) is 6.93. The molecular formula is C12H14N4O7. The number of carboxylic acids is 1. The van der Waals surface area contributed by atoms with Gasteiger partial charge in [-0.15, -0.1) is 9.89 Å². The Morgan fingerprint density at radius 1 is 1.22 bits per heavy atom. The van der Waals surface area contributed by atoms with E-state index in [4.69, 9.17) is 14.7 Å². The van der Waals surface area contributed by atoms with E-state index in [0.29, 0.717) is 11.0 Å². The zero-order chi connectivity index (χ0) is 16.6. The van der Waals surface area contributed by atoms with Crippen molar-refractivity contribution in [3.05, 3.63) is 24.3 Å². The highest BCUT2D eigenvalue weighted by molar-refractivity contribution is 5.74. The van der Waals surface area contributed by atoms with E-state index in [0.717, 1.165) is 4.79 Å². The molecule has 1 aromatic heterocycles. The molecule has 1 aromatic carbocycles. The van der Waals surface area contributed by atoms with Crippen LogP contribution in [0.4, 0.5) is 0 Å². The average Bonchev–Trinajstić information content (AvgIpc) is 2.95. The number of ether oxygens (including phenoxy) is 1. The van der Waals surface area contributed by atoms with Gasteiger partial charge < -0.3 is 25.2 Å². The van der Waals surface area contributed by atoms with Crippen LogP contribution in [0.3, 0.4) is 0 Å². The average molecular weight is 326 g/mol. The normalized spacial score (nSPS) is 31.2. The number of para-hydroxylation sites is 1. The van der Waals surface area contributed by atoms with Crippen LogP contribution in [-0.2, 0) is 14.4 Å². The number of aliphatic carboxylic acids is 1. The van der Waals surface area contributed by atoms with Crippen LogP contribution in [0.5, 0.6) is 0 Å². The van der Waals surface area contributed by atoms with E-state index in [1.165, 1.54) is 0 Å². The summed E-state index contributed by atoms with van der Waals surface area (Å²) in [5.74, 6) is -1.50. The number of rotatable bonds is 4. The minimum absolute atomic E-state index is 0.563. The van der Waals surface area contributed by atoms with Gasteiger partial charge in [0.2, 0.25) is 6.29 Å². The van der Waals surface area contributed by atoms with Crippen LogP contribution in [-0.4, -0.2) is 72.2 Å². The van der Waals surface area contributed by atoms with Crippen molar-refractivity contribution in [1.82, 2.24) is 15.1 Å². The zero-order valence-electron chi connectivity index (χ0n) is 11.6. The van der Waals surface area contributed by atoms with Gasteiger partial charge in [-0.05, 0) is 17.3 Å². The Kier molecular flexibility index (Phi) is 4.11. The summed E-state index contributed by atoms with van der Waals surface area (Å²) in [4.78, 5) is 17.2. The maximum atomic E-state index is 11.0. The molecular weight excluding hydrogens is 312 g/mol. The van der Waals surface area contributed by atoms with Crippen molar-refractivity contribution in [2.45, 2.75) is 30.7 Å². The molecule has 11 nitrogen and oxygen atoms in total. The third-order valence-electron chi connectivity index (χ3n) is 3.42. The van der Waals surface area contributed by atoms with E-state index in [2.05, 4.69) is 15.9 Å². The zero-order valence-corrected chi connectivity index (χ0v) is 11.6. The second-order valence-corrected chi connectivity index (χ2v) is 4.93. The van der Waals surface area contributed by atoms with Crippen LogP contribution in [0.15, 0.2) is 24.3 Å². The Morgan fingerprint density at radius 2 is 1.96 bits per heavy atom. The van der Waals surface area contributed by atoms with Crippen LogP contribution < -0.4 is 5.59 Å². The Bertz CT molecular complexity index is 708. The lowest BCUT2D eigenvalue weighted by atomic mass is 9.99. The number of carbonyl (C=O) groups is 1. The summed E-state index contributed by atoms with van der Waals surface area (Å²) >= 11 is 0. The monoisotopic (exact) mass is 326 g/mol. The highest BCUT2D eigenvalue weighted by atomic mass is 16.8. The van der Waals surface area contributed by atoms with Crippen LogP contribution in [0.2, 0.25) is 0 Å². The van der Waals surface area contributed by atoms with Gasteiger partial charge in [-0.3, -0.25) is 0 Å². The van der Waals surface area contributed by atoms with E-state index >= 15 is 0 Å². The number of fused-ring (bicyclic) bond motifs is 1. The number of aliphatic hydroxyl groups excluding tert-OH is 3. The fraction of sp³-hybridized carbons (Fsp3) is 0.417. The second kappa shape index (κ2) is 6.06. The summed E-state index contributed by atoms with van der Waals surface area (Å²) in [6.07, 6.45) is -8.48. The molecule has 5 N–H and O–H groups in total. The number of aromatic nitrogens is 3. The predicted octanol–water partition coefficient (Wildman–Crippen LogP) is -2.20. The van der Waals surface area contributed by atoms with Crippen LogP contribution in [0.1, 0.15) is 0 Å². The Hall–Kier alpha value is -2.31. The third-order valence-corrected chi connectivity index (χ3v) is 3.42. The van der Waals surface area contributed by atoms with Crippen molar-refractivity contribution in [2.24, 2.45) is 0 Å². The summed E-state index contributed by atoms with van der Waals surface area (Å²) in [6.45, 7) is 0. The molecule has 1 fully saturated rings. The molecule has 0 amide bonds. The fourth-order valence-corrected chi connectivity index (χ4v) is 2.19. The van der Waals surface area contributed by atoms with E-state index in [1.54, 1.807) is 24.3 Å². The van der Waals surface area contributed by atoms with E-state index in [-0.39, 0.29) is 0 Å². The Morgan fingerprint density at radius 3 is 2.70 bits per heavy atom. The largest absolute Gasteiger partial charge is 0.479 e. The first-order chi connectivity index (χ1) is 11.0. The van der Waals surface area contributed by atoms with Crippen molar-refractivity contribution in [3.63, 3.8) is 0 Å². The quantitative estimate of drug-likeness (QED) is 0.390. The van der Waals surface area contributed by atoms with Crippen molar-refractivity contribution in [2.75, 3.05) is 5.59 Å². The van der Waals surface area contributed by atoms with E-state index < -0.39 is 36.7 Å². The number of carboxylic acid groups (broad SMARTS) is 1. The maximum absolute atomic E-state index is 11.0. The third kappa shape index (κ3) is 2.83. The number of hydrogen-bond acceptors (Lipinski definition) is 9. The summed E-state index contributed by atoms with van der Waals surface area (Å²) < 4.78 is 4.95. The topological polar surface area (TPSA) is 159 Å². The molecule has 1 aliphatic rings. The van der Waals surface area contributed by atoms with Crippen molar-refractivity contribution >= 4 is 17.0 Å². The Labute approximate surface area is 128 Å². The summed E-state index contributed by atoms with van der Waals surface area (Å²) in [7, 11) is 0. The molecule has 23 heavy (non-hydrogen) atoms. The lowest BCUT2D eigenvalue weighted by Crippen LogP contribution is -2.60. The van der Waals surface area contributed by atoms with Gasteiger partial charge in [-0.25, -0.2) is 9.63 Å². The number of hydrogen-bond donors (Lipinski definition) is 5. The lowest BCUT2D eigenvalue weighted by Gasteiger charge is -2.37. The molecule has 0 radical (unpaired) electrons. The molecule has 0 unspecified atom stereocenters. The van der Waals surface area contributed by atoms with Gasteiger partial charge in [0.15, 0.2) is 6.10 Å². The molecule has 0 spiro atoms. The maximum Gasteiger partial charge on any atom is 0.335 e. The molecule has 2 aromatic rings. The van der Waals surface area contributed by atoms with Gasteiger partial charge in [-0.2, -0.15) is 5.59 Å². The summed E-state index contributed by atoms with van der Waals surface area (Å²) in [5, 5.41) is 45.6. The molecule has 0 saturated carbocycles. The van der Waals surface area contributed by atoms with Gasteiger partial charge in [0, 0.05) is 0 Å². The highest BCUT2D eigenvalue weighted by Gasteiger charge is 2.47. The first-order valence-electron chi connectivity index (χ1n) is 6.63. The number of nitrogens with zero attached hydrogens (tertiary/aromatic N) is 3. The lowest BCUT2D eigenvalue weighted by molar-refractivity contribution is -0.290. The minimum atomic E-state index is -1.78. The molecule has 0 bridgehead atoms. The predicted molar refractivity (Wildman–Crippen MR) is 72.3 cm³/mol. The number of nitrogens with one attached hydrogen (secondary N) is 1. The molecule has 0 aliphatic carbocycles. The molecule has 124 valence electrons. The molecule has 2 heterocycles. The van der Waals surface area contributed by atoms with Crippen LogP contribution in [0, 0.1) is 0 Å². The second-order valence-electron chi connectivity index (χ2n) is 4.93. The standard InChI is InChI=1S/C12H14N4O7/c17-7-8(18)10(11(20)21)22-12(9(7)19)23-15-16-6-4-2-1-3-5(6)13-14-16/h1-4,7-10,12,15,17-19H,(H,20,21)/t7-,8-,9+,10-,12-/m0/s1. The SMILES string of the molecule is O=C(O)[C@H]1O[C@@H](ONn2nnc3ccccc32)[C@H](O)[C@@H](O)[C@@H]1O. The van der Waals surface area contributed by atoms with Gasteiger partial charge in [0.05, 0.1) is 0 Å². The van der Waals surface area contributed by atoms with E-state index in [9.17, 15) is 20.1 Å². The van der Waals surface area contributed by atoms with Gasteiger partial charge in [0.25, 0.3) is 0 Å². The summed E-state index contributed by atoms with van der Waals surface area (Å²) in [5.41, 5.74) is 3.47. The minimum Gasteiger partial charge on any atom is -0.479 e. The number of aliphatic hydroxyl groups is 3. The Balaban J connectivity index is 1.72. The van der Waals surface area contributed by atoms with Crippen LogP contribution in [0.25, 0.3) is 11.0 Å². The molecule has 3 rings (SSSR count). The smallest absolute Gasteiger partial charge is 0.335 e. The molecule has 1 saturated heterocycles. The molecule has 1 aliphatic heterocycles. The first-order valence-corrected chi connectivity index (χ1v) is 6.63. The van der Waals surface area contributed by atoms with Gasteiger partial charge >= 0.3 is 5.97 Å².